The average molecular weight is 264 g/mol. The third kappa shape index (κ3) is 2.22. The van der Waals surface area contributed by atoms with E-state index in [0.29, 0.717) is 17.7 Å². The molecule has 1 aromatic heterocycles. The molecule has 1 atom stereocenters. The third-order valence-electron chi connectivity index (χ3n) is 3.14. The summed E-state index contributed by atoms with van der Waals surface area (Å²) in [5.41, 5.74) is 1.07. The minimum Gasteiger partial charge on any atom is -0.381 e. The van der Waals surface area contributed by atoms with Gasteiger partial charge in [0.1, 0.15) is 0 Å². The third-order valence-corrected chi connectivity index (χ3v) is 3.14. The number of non-ortho nitro benzene ring substituents is 1. The van der Waals surface area contributed by atoms with Gasteiger partial charge in [-0.05, 0) is 29.2 Å². The van der Waals surface area contributed by atoms with Crippen LogP contribution < -0.4 is 5.32 Å². The van der Waals surface area contributed by atoms with Crippen molar-refractivity contribution in [1.29, 1.82) is 0 Å². The van der Waals surface area contributed by atoms with Crippen molar-refractivity contribution >= 4 is 22.4 Å². The summed E-state index contributed by atoms with van der Waals surface area (Å²) < 4.78 is 10.1. The number of fused-ring (bicyclic) bond motifs is 1. The van der Waals surface area contributed by atoms with E-state index in [0.717, 1.165) is 19.4 Å². The van der Waals surface area contributed by atoms with Gasteiger partial charge in [0.25, 0.3) is 0 Å². The van der Waals surface area contributed by atoms with Gasteiger partial charge in [-0.25, -0.2) is 4.63 Å². The Balaban J connectivity index is 1.85. The predicted molar refractivity (Wildman–Crippen MR) is 65.9 cm³/mol. The molecule has 3 rings (SSSR count). The van der Waals surface area contributed by atoms with Crippen molar-refractivity contribution in [2.24, 2.45) is 0 Å². The first-order valence-corrected chi connectivity index (χ1v) is 6.01. The van der Waals surface area contributed by atoms with Crippen molar-refractivity contribution in [2.75, 3.05) is 18.5 Å². The van der Waals surface area contributed by atoms with Crippen molar-refractivity contribution in [3.63, 3.8) is 0 Å². The molecule has 8 nitrogen and oxygen atoms in total. The second-order valence-corrected chi connectivity index (χ2v) is 4.37. The lowest BCUT2D eigenvalue weighted by atomic mass is 10.2. The number of aromatic nitrogens is 2. The molecule has 1 aromatic carbocycles. The molecule has 1 aliphatic rings. The van der Waals surface area contributed by atoms with Gasteiger partial charge in [0, 0.05) is 19.2 Å². The second kappa shape index (κ2) is 4.81. The summed E-state index contributed by atoms with van der Waals surface area (Å²) in [4.78, 5) is 10.3. The van der Waals surface area contributed by atoms with Crippen molar-refractivity contribution in [2.45, 2.75) is 18.9 Å². The van der Waals surface area contributed by atoms with Gasteiger partial charge >= 0.3 is 5.69 Å². The maximum absolute atomic E-state index is 10.8. The fourth-order valence-electron chi connectivity index (χ4n) is 2.17. The van der Waals surface area contributed by atoms with Gasteiger partial charge in [-0.15, -0.1) is 0 Å². The van der Waals surface area contributed by atoms with E-state index >= 15 is 0 Å². The topological polar surface area (TPSA) is 103 Å². The maximum Gasteiger partial charge on any atom is 0.300 e. The first kappa shape index (κ1) is 11.8. The van der Waals surface area contributed by atoms with Gasteiger partial charge in [0.05, 0.1) is 16.7 Å². The van der Waals surface area contributed by atoms with Crippen LogP contribution in [0.1, 0.15) is 12.8 Å². The summed E-state index contributed by atoms with van der Waals surface area (Å²) in [6.07, 6.45) is 2.25. The molecular weight excluding hydrogens is 252 g/mol. The molecule has 1 saturated heterocycles. The number of nitro groups is 1. The van der Waals surface area contributed by atoms with Gasteiger partial charge in [-0.3, -0.25) is 10.1 Å². The highest BCUT2D eigenvalue weighted by Gasteiger charge is 2.21. The molecule has 100 valence electrons. The predicted octanol–water partition coefficient (Wildman–Crippen LogP) is 1.72. The molecule has 1 aliphatic heterocycles. The Bertz CT molecular complexity index is 606. The molecule has 0 amide bonds. The molecule has 1 unspecified atom stereocenters. The van der Waals surface area contributed by atoms with Gasteiger partial charge < -0.3 is 10.1 Å². The monoisotopic (exact) mass is 264 g/mol. The first-order valence-electron chi connectivity index (χ1n) is 6.01. The zero-order valence-electron chi connectivity index (χ0n) is 10.0. The first-order chi connectivity index (χ1) is 9.25. The van der Waals surface area contributed by atoms with E-state index in [9.17, 15) is 10.1 Å². The van der Waals surface area contributed by atoms with E-state index in [-0.39, 0.29) is 17.3 Å². The largest absolute Gasteiger partial charge is 0.381 e. The standard InChI is InChI=1S/C11H12N4O4/c16-15(17)9-4-3-8(10-11(9)14-19-13-10)12-6-7-2-1-5-18-7/h3-4,7,12H,1-2,5-6H2. The lowest BCUT2D eigenvalue weighted by Gasteiger charge is -2.11. The number of nitrogens with one attached hydrogen (secondary N) is 1. The summed E-state index contributed by atoms with van der Waals surface area (Å²) in [6, 6.07) is 3.00. The maximum atomic E-state index is 10.8. The van der Waals surface area contributed by atoms with Crippen LogP contribution >= 0.6 is 0 Å². The SMILES string of the molecule is O=[N+]([O-])c1ccc(NCC2CCCO2)c2nonc12. The molecule has 0 radical (unpaired) electrons. The number of rotatable bonds is 4. The van der Waals surface area contributed by atoms with E-state index in [1.165, 1.54) is 6.07 Å². The Labute approximate surface area is 107 Å². The van der Waals surface area contributed by atoms with Gasteiger partial charge in [-0.2, -0.15) is 0 Å². The minimum absolute atomic E-state index is 0.112. The lowest BCUT2D eigenvalue weighted by Crippen LogP contribution is -2.18. The minimum atomic E-state index is -0.504. The van der Waals surface area contributed by atoms with Crippen molar-refractivity contribution in [3.05, 3.63) is 22.2 Å². The highest BCUT2D eigenvalue weighted by Crippen LogP contribution is 2.28. The zero-order chi connectivity index (χ0) is 13.2. The van der Waals surface area contributed by atoms with Gasteiger partial charge in [0.15, 0.2) is 5.52 Å². The molecule has 2 heterocycles. The van der Waals surface area contributed by atoms with Crippen LogP contribution in [0.25, 0.3) is 11.0 Å². The smallest absolute Gasteiger partial charge is 0.300 e. The van der Waals surface area contributed by atoms with Crippen LogP contribution in [0, 0.1) is 10.1 Å². The Morgan fingerprint density at radius 1 is 1.42 bits per heavy atom. The second-order valence-electron chi connectivity index (χ2n) is 4.37. The highest BCUT2D eigenvalue weighted by atomic mass is 16.6. The summed E-state index contributed by atoms with van der Waals surface area (Å²) in [6.45, 7) is 1.42. The van der Waals surface area contributed by atoms with Gasteiger partial charge in [-0.1, -0.05) is 0 Å². The van der Waals surface area contributed by atoms with Crippen LogP contribution in [0.5, 0.6) is 0 Å². The molecule has 8 heteroatoms. The quantitative estimate of drug-likeness (QED) is 0.662. The van der Waals surface area contributed by atoms with Gasteiger partial charge in [0.2, 0.25) is 5.52 Å². The molecule has 1 N–H and O–H groups in total. The molecule has 2 aromatic rings. The Hall–Kier alpha value is -2.22. The Morgan fingerprint density at radius 3 is 3.00 bits per heavy atom. The number of ether oxygens (including phenoxy) is 1. The molecule has 19 heavy (non-hydrogen) atoms. The summed E-state index contributed by atoms with van der Waals surface area (Å²) in [7, 11) is 0. The summed E-state index contributed by atoms with van der Waals surface area (Å²) in [5.74, 6) is 0. The Morgan fingerprint density at radius 2 is 2.26 bits per heavy atom. The number of benzene rings is 1. The fourth-order valence-corrected chi connectivity index (χ4v) is 2.17. The van der Waals surface area contributed by atoms with Crippen LogP contribution in [0.4, 0.5) is 11.4 Å². The van der Waals surface area contributed by atoms with Crippen molar-refractivity contribution in [1.82, 2.24) is 10.3 Å². The molecule has 0 saturated carbocycles. The Kier molecular flexibility index (Phi) is 3.00. The average Bonchev–Trinajstić information content (AvgIpc) is 3.06. The summed E-state index contributed by atoms with van der Waals surface area (Å²) >= 11 is 0. The number of hydrogen-bond acceptors (Lipinski definition) is 7. The molecule has 0 aliphatic carbocycles. The summed E-state index contributed by atoms with van der Waals surface area (Å²) in [5, 5.41) is 21.3. The normalized spacial score (nSPS) is 18.8. The van der Waals surface area contributed by atoms with E-state index in [2.05, 4.69) is 20.3 Å². The number of hydrogen-bond donors (Lipinski definition) is 1. The number of anilines is 1. The van der Waals surface area contributed by atoms with E-state index in [1.807, 2.05) is 0 Å². The van der Waals surface area contributed by atoms with Crippen molar-refractivity contribution < 1.29 is 14.3 Å². The van der Waals surface area contributed by atoms with E-state index < -0.39 is 4.92 Å². The number of nitro benzene ring substituents is 1. The highest BCUT2D eigenvalue weighted by molar-refractivity contribution is 5.93. The zero-order valence-corrected chi connectivity index (χ0v) is 10.0. The van der Waals surface area contributed by atoms with Crippen LogP contribution in [0.2, 0.25) is 0 Å². The molecular formula is C11H12N4O4. The molecule has 0 bridgehead atoms. The van der Waals surface area contributed by atoms with Crippen molar-refractivity contribution in [3.8, 4) is 0 Å². The fraction of sp³-hybridized carbons (Fsp3) is 0.455. The van der Waals surface area contributed by atoms with E-state index in [1.54, 1.807) is 6.07 Å². The molecule has 0 spiro atoms. The van der Waals surface area contributed by atoms with Crippen LogP contribution in [0.3, 0.4) is 0 Å². The van der Waals surface area contributed by atoms with Crippen LogP contribution in [-0.4, -0.2) is 34.5 Å². The number of nitrogens with zero attached hydrogens (tertiary/aromatic N) is 3. The van der Waals surface area contributed by atoms with Crippen LogP contribution in [-0.2, 0) is 4.74 Å². The van der Waals surface area contributed by atoms with Crippen LogP contribution in [0.15, 0.2) is 16.8 Å². The lowest BCUT2D eigenvalue weighted by molar-refractivity contribution is -0.383. The van der Waals surface area contributed by atoms with E-state index in [4.69, 9.17) is 4.74 Å². The molecule has 1 fully saturated rings.